The van der Waals surface area contributed by atoms with Crippen molar-refractivity contribution in [3.63, 3.8) is 0 Å². The van der Waals surface area contributed by atoms with E-state index in [1.165, 1.54) is 38.5 Å². The van der Waals surface area contributed by atoms with Gasteiger partial charge >= 0.3 is 0 Å². The molecule has 1 N–H and O–H groups in total. The molecule has 0 aliphatic heterocycles. The second-order valence-corrected chi connectivity index (χ2v) is 10.1. The summed E-state index contributed by atoms with van der Waals surface area (Å²) in [7, 11) is 1.81. The van der Waals surface area contributed by atoms with Crippen LogP contribution in [0.2, 0.25) is 0 Å². The van der Waals surface area contributed by atoms with Crippen molar-refractivity contribution in [3.8, 4) is 0 Å². The molecule has 142 valence electrons. The number of aliphatic hydroxyl groups is 1. The molecule has 0 heterocycles. The Labute approximate surface area is 152 Å². The summed E-state index contributed by atoms with van der Waals surface area (Å²) in [6, 6.07) is 0. The zero-order chi connectivity index (χ0) is 17.8. The van der Waals surface area contributed by atoms with E-state index in [0.717, 1.165) is 49.5 Å². The summed E-state index contributed by atoms with van der Waals surface area (Å²) in [5.74, 6) is 4.46. The van der Waals surface area contributed by atoms with Crippen molar-refractivity contribution in [2.45, 2.75) is 77.2 Å². The van der Waals surface area contributed by atoms with E-state index < -0.39 is 5.60 Å². The molecule has 0 bridgehead atoms. The first-order valence-electron chi connectivity index (χ1n) is 10.6. The third-order valence-corrected chi connectivity index (χ3v) is 8.86. The van der Waals surface area contributed by atoms with E-state index in [-0.39, 0.29) is 11.3 Å². The van der Waals surface area contributed by atoms with Crippen molar-refractivity contribution >= 4 is 5.78 Å². The maximum absolute atomic E-state index is 12.4. The minimum Gasteiger partial charge on any atom is -0.390 e. The molecule has 8 atom stereocenters. The number of ketones is 1. The lowest BCUT2D eigenvalue weighted by molar-refractivity contribution is -0.139. The highest BCUT2D eigenvalue weighted by molar-refractivity contribution is 5.79. The van der Waals surface area contributed by atoms with Gasteiger partial charge in [-0.15, -0.1) is 0 Å². The smallest absolute Gasteiger partial charge is 0.133 e. The number of hydrogen-bond acceptors (Lipinski definition) is 3. The van der Waals surface area contributed by atoms with Crippen LogP contribution in [0.5, 0.6) is 0 Å². The van der Waals surface area contributed by atoms with E-state index in [2.05, 4.69) is 0 Å². The third kappa shape index (κ3) is 2.81. The molecule has 0 spiro atoms. The number of carbonyl (C=O) groups excluding carboxylic acids is 1. The Bertz CT molecular complexity index is 527. The van der Waals surface area contributed by atoms with Crippen LogP contribution in [-0.2, 0) is 9.53 Å². The van der Waals surface area contributed by atoms with Gasteiger partial charge in [0, 0.05) is 18.4 Å². The predicted molar refractivity (Wildman–Crippen MR) is 98.1 cm³/mol. The van der Waals surface area contributed by atoms with Gasteiger partial charge in [0.05, 0.1) is 12.2 Å². The highest BCUT2D eigenvalue weighted by atomic mass is 16.5. The zero-order valence-corrected chi connectivity index (χ0v) is 16.3. The van der Waals surface area contributed by atoms with Crippen LogP contribution in [0.4, 0.5) is 0 Å². The number of ether oxygens (including phenoxy) is 1. The molecule has 25 heavy (non-hydrogen) atoms. The monoisotopic (exact) mass is 348 g/mol. The van der Waals surface area contributed by atoms with Crippen LogP contribution in [0, 0.1) is 40.9 Å². The van der Waals surface area contributed by atoms with Gasteiger partial charge in [0.1, 0.15) is 5.78 Å². The van der Waals surface area contributed by atoms with Crippen molar-refractivity contribution in [1.82, 2.24) is 0 Å². The lowest BCUT2D eigenvalue weighted by Crippen LogP contribution is -2.53. The predicted octanol–water partition coefficient (Wildman–Crippen LogP) is 4.22. The molecule has 0 radical (unpaired) electrons. The van der Waals surface area contributed by atoms with E-state index >= 15 is 0 Å². The van der Waals surface area contributed by atoms with Crippen LogP contribution in [0.1, 0.15) is 71.6 Å². The summed E-state index contributed by atoms with van der Waals surface area (Å²) in [6.45, 7) is 4.61. The molecular weight excluding hydrogens is 312 g/mol. The van der Waals surface area contributed by atoms with Crippen molar-refractivity contribution in [2.75, 3.05) is 13.7 Å². The zero-order valence-electron chi connectivity index (χ0n) is 16.3. The summed E-state index contributed by atoms with van der Waals surface area (Å²) in [6.07, 6.45) is 10.5. The molecule has 0 aromatic carbocycles. The number of methoxy groups -OCH3 is 1. The van der Waals surface area contributed by atoms with Gasteiger partial charge in [0.2, 0.25) is 0 Å². The van der Waals surface area contributed by atoms with Crippen LogP contribution in [0.15, 0.2) is 0 Å². The Morgan fingerprint density at radius 3 is 2.52 bits per heavy atom. The molecule has 0 aromatic rings. The number of rotatable bonds is 3. The molecule has 4 aliphatic carbocycles. The lowest BCUT2D eigenvalue weighted by Gasteiger charge is -2.57. The lowest BCUT2D eigenvalue weighted by atomic mass is 9.48. The van der Waals surface area contributed by atoms with Crippen LogP contribution in [0.25, 0.3) is 0 Å². The van der Waals surface area contributed by atoms with Gasteiger partial charge in [0.15, 0.2) is 0 Å². The van der Waals surface area contributed by atoms with Gasteiger partial charge in [0.25, 0.3) is 0 Å². The van der Waals surface area contributed by atoms with Crippen LogP contribution < -0.4 is 0 Å². The quantitative estimate of drug-likeness (QED) is 0.830. The van der Waals surface area contributed by atoms with E-state index in [1.54, 1.807) is 6.92 Å². The van der Waals surface area contributed by atoms with E-state index in [1.807, 2.05) is 14.0 Å². The summed E-state index contributed by atoms with van der Waals surface area (Å²) in [5, 5.41) is 10.5. The maximum atomic E-state index is 12.4. The molecule has 3 nitrogen and oxygen atoms in total. The van der Waals surface area contributed by atoms with Crippen molar-refractivity contribution in [2.24, 2.45) is 40.9 Å². The minimum absolute atomic E-state index is 0.120. The Morgan fingerprint density at radius 2 is 1.80 bits per heavy atom. The van der Waals surface area contributed by atoms with Crippen LogP contribution in [-0.4, -0.2) is 30.2 Å². The highest BCUT2D eigenvalue weighted by Gasteiger charge is 2.60. The number of hydrogen-bond donors (Lipinski definition) is 1. The Kier molecular flexibility index (Phi) is 4.56. The molecule has 4 rings (SSSR count). The average Bonchev–Trinajstić information content (AvgIpc) is 2.93. The van der Waals surface area contributed by atoms with Gasteiger partial charge in [-0.05, 0) is 101 Å². The Morgan fingerprint density at radius 1 is 1.04 bits per heavy atom. The normalized spacial score (nSPS) is 52.2. The molecule has 0 amide bonds. The minimum atomic E-state index is -0.435. The number of carbonyl (C=O) groups is 1. The first-order chi connectivity index (χ1) is 11.9. The standard InChI is InChI=1S/C22H36O3/c1-14(23)19-6-7-20-18-5-4-15-12-21(2,24)10-8-16(15)17(18)9-11-22(19,20)13-25-3/h15-20,24H,4-13H2,1-3H3/t15-,16+,17-,18-,19-,20+,21-,22+/m1/s1. The first-order valence-corrected chi connectivity index (χ1v) is 10.6. The molecule has 0 saturated heterocycles. The Balaban J connectivity index is 1.58. The summed E-state index contributed by atoms with van der Waals surface area (Å²) >= 11 is 0. The van der Waals surface area contributed by atoms with E-state index in [0.29, 0.717) is 11.7 Å². The van der Waals surface area contributed by atoms with E-state index in [4.69, 9.17) is 4.74 Å². The largest absolute Gasteiger partial charge is 0.390 e. The summed E-state index contributed by atoms with van der Waals surface area (Å²) < 4.78 is 5.69. The second-order valence-electron chi connectivity index (χ2n) is 10.1. The average molecular weight is 349 g/mol. The van der Waals surface area contributed by atoms with Crippen LogP contribution in [0.3, 0.4) is 0 Å². The van der Waals surface area contributed by atoms with Crippen LogP contribution >= 0.6 is 0 Å². The highest BCUT2D eigenvalue weighted by Crippen LogP contribution is 2.64. The van der Waals surface area contributed by atoms with Gasteiger partial charge in [-0.1, -0.05) is 0 Å². The van der Waals surface area contributed by atoms with E-state index in [9.17, 15) is 9.90 Å². The topological polar surface area (TPSA) is 46.5 Å². The number of fused-ring (bicyclic) bond motifs is 5. The van der Waals surface area contributed by atoms with Gasteiger partial charge in [-0.2, -0.15) is 0 Å². The Hall–Kier alpha value is -0.410. The van der Waals surface area contributed by atoms with Gasteiger partial charge in [-0.25, -0.2) is 0 Å². The molecule has 0 aromatic heterocycles. The molecule has 0 unspecified atom stereocenters. The molecule has 4 saturated carbocycles. The fourth-order valence-electron chi connectivity index (χ4n) is 8.05. The fraction of sp³-hybridized carbons (Fsp3) is 0.955. The van der Waals surface area contributed by atoms with Crippen molar-refractivity contribution in [1.29, 1.82) is 0 Å². The molecule has 4 fully saturated rings. The maximum Gasteiger partial charge on any atom is 0.133 e. The fourth-order valence-corrected chi connectivity index (χ4v) is 8.05. The van der Waals surface area contributed by atoms with Gasteiger partial charge < -0.3 is 9.84 Å². The summed E-state index contributed by atoms with van der Waals surface area (Å²) in [5.41, 5.74) is -0.315. The molecule has 3 heteroatoms. The summed E-state index contributed by atoms with van der Waals surface area (Å²) in [4.78, 5) is 12.4. The first kappa shape index (κ1) is 18.0. The third-order valence-electron chi connectivity index (χ3n) is 8.86. The SMILES string of the molecule is COC[C@]12CC[C@H]3[C@@H](CC[C@@H]4C[C@](C)(O)CC[C@@H]43)[C@@H]1CC[C@@H]2C(C)=O. The molecular formula is C22H36O3. The second kappa shape index (κ2) is 6.34. The van der Waals surface area contributed by atoms with Gasteiger partial charge in [-0.3, -0.25) is 4.79 Å². The molecule has 4 aliphatic rings. The number of Topliss-reactive ketones (excluding diaryl/α,β-unsaturated/α-hetero) is 1. The van der Waals surface area contributed by atoms with Crippen molar-refractivity contribution < 1.29 is 14.6 Å². The van der Waals surface area contributed by atoms with Crippen molar-refractivity contribution in [3.05, 3.63) is 0 Å².